The molecule has 2 heterocycles. The van der Waals surface area contributed by atoms with Crippen LogP contribution in [0, 0.1) is 6.92 Å². The SMILES string of the molecule is Cc1nc(=O)c2c(-c3ccccc3)c(C(=O)c3ccccc3)[nH]c2[nH]1. The molecule has 5 heteroatoms. The van der Waals surface area contributed by atoms with E-state index in [1.807, 2.05) is 48.5 Å². The van der Waals surface area contributed by atoms with E-state index in [1.165, 1.54) is 0 Å². The third kappa shape index (κ3) is 2.55. The van der Waals surface area contributed by atoms with E-state index in [1.54, 1.807) is 19.1 Å². The lowest BCUT2D eigenvalue weighted by Gasteiger charge is -2.04. The van der Waals surface area contributed by atoms with Gasteiger partial charge in [0.05, 0.1) is 11.1 Å². The summed E-state index contributed by atoms with van der Waals surface area (Å²) in [6.45, 7) is 1.71. The van der Waals surface area contributed by atoms with Crippen LogP contribution in [0.2, 0.25) is 0 Å². The average molecular weight is 329 g/mol. The number of nitrogens with zero attached hydrogens (tertiary/aromatic N) is 1. The molecule has 0 aliphatic rings. The fraction of sp³-hybridized carbons (Fsp3) is 0.0500. The predicted octanol–water partition coefficient (Wildman–Crippen LogP) is 3.46. The van der Waals surface area contributed by atoms with Gasteiger partial charge in [-0.2, -0.15) is 4.98 Å². The number of nitrogens with one attached hydrogen (secondary N) is 2. The Bertz CT molecular complexity index is 1130. The van der Waals surface area contributed by atoms with Crippen LogP contribution < -0.4 is 5.56 Å². The first kappa shape index (κ1) is 15.1. The van der Waals surface area contributed by atoms with E-state index < -0.39 is 0 Å². The summed E-state index contributed by atoms with van der Waals surface area (Å²) >= 11 is 0. The maximum absolute atomic E-state index is 13.0. The zero-order chi connectivity index (χ0) is 17.4. The summed E-state index contributed by atoms with van der Waals surface area (Å²) in [6, 6.07) is 18.4. The minimum atomic E-state index is -0.353. The first-order chi connectivity index (χ1) is 12.1. The topological polar surface area (TPSA) is 78.6 Å². The number of carbonyl (C=O) groups excluding carboxylic acids is 1. The molecular weight excluding hydrogens is 314 g/mol. The largest absolute Gasteiger partial charge is 0.337 e. The summed E-state index contributed by atoms with van der Waals surface area (Å²) in [5.74, 6) is 0.332. The van der Waals surface area contributed by atoms with E-state index in [2.05, 4.69) is 15.0 Å². The van der Waals surface area contributed by atoms with Gasteiger partial charge in [-0.3, -0.25) is 9.59 Å². The van der Waals surface area contributed by atoms with Gasteiger partial charge in [0, 0.05) is 11.1 Å². The molecule has 0 aliphatic carbocycles. The van der Waals surface area contributed by atoms with Gasteiger partial charge in [-0.05, 0) is 12.5 Å². The van der Waals surface area contributed by atoms with Crippen molar-refractivity contribution in [3.8, 4) is 11.1 Å². The summed E-state index contributed by atoms with van der Waals surface area (Å²) in [5, 5.41) is 0.399. The fourth-order valence-corrected chi connectivity index (χ4v) is 3.02. The van der Waals surface area contributed by atoms with Gasteiger partial charge < -0.3 is 9.97 Å². The number of fused-ring (bicyclic) bond motifs is 1. The quantitative estimate of drug-likeness (QED) is 0.565. The van der Waals surface area contributed by atoms with Crippen LogP contribution in [0.25, 0.3) is 22.2 Å². The molecule has 0 fully saturated rings. The molecule has 2 N–H and O–H groups in total. The number of aromatic amines is 2. The van der Waals surface area contributed by atoms with Gasteiger partial charge in [-0.1, -0.05) is 60.7 Å². The Hall–Kier alpha value is -3.47. The highest BCUT2D eigenvalue weighted by Crippen LogP contribution is 2.31. The standard InChI is InChI=1S/C20H15N3O2/c1-12-21-19-16(20(25)22-12)15(13-8-4-2-5-9-13)17(23-19)18(24)14-10-6-3-7-11-14/h2-11H,1H3,(H2,21,22,23,25). The number of carbonyl (C=O) groups is 1. The van der Waals surface area contributed by atoms with Crippen molar-refractivity contribution < 1.29 is 4.79 Å². The molecule has 2 aromatic carbocycles. The molecule has 0 spiro atoms. The fourth-order valence-electron chi connectivity index (χ4n) is 3.02. The molecule has 0 amide bonds. The number of aryl methyl sites for hydroxylation is 1. The van der Waals surface area contributed by atoms with Crippen LogP contribution in [-0.2, 0) is 0 Å². The number of rotatable bonds is 3. The molecule has 25 heavy (non-hydrogen) atoms. The number of benzene rings is 2. The average Bonchev–Trinajstić information content (AvgIpc) is 3.02. The summed E-state index contributed by atoms with van der Waals surface area (Å²) in [6.07, 6.45) is 0. The van der Waals surface area contributed by atoms with Gasteiger partial charge in [-0.15, -0.1) is 0 Å². The van der Waals surface area contributed by atoms with Crippen LogP contribution in [0.4, 0.5) is 0 Å². The highest BCUT2D eigenvalue weighted by Gasteiger charge is 2.22. The Morgan fingerprint density at radius 2 is 1.56 bits per heavy atom. The minimum absolute atomic E-state index is 0.166. The predicted molar refractivity (Wildman–Crippen MR) is 96.8 cm³/mol. The maximum Gasteiger partial charge on any atom is 0.283 e. The highest BCUT2D eigenvalue weighted by molar-refractivity contribution is 6.16. The summed E-state index contributed by atoms with van der Waals surface area (Å²) < 4.78 is 0. The van der Waals surface area contributed by atoms with Gasteiger partial charge >= 0.3 is 0 Å². The molecule has 0 saturated carbocycles. The first-order valence-electron chi connectivity index (χ1n) is 7.93. The van der Waals surface area contributed by atoms with Gasteiger partial charge in [0.15, 0.2) is 0 Å². The molecule has 0 atom stereocenters. The van der Waals surface area contributed by atoms with E-state index in [0.29, 0.717) is 33.7 Å². The van der Waals surface area contributed by atoms with Crippen molar-refractivity contribution in [2.75, 3.05) is 0 Å². The van der Waals surface area contributed by atoms with Gasteiger partial charge in [0.1, 0.15) is 11.5 Å². The number of ketones is 1. The van der Waals surface area contributed by atoms with E-state index in [9.17, 15) is 9.59 Å². The maximum atomic E-state index is 13.0. The molecule has 0 bridgehead atoms. The second-order valence-corrected chi connectivity index (χ2v) is 5.81. The van der Waals surface area contributed by atoms with Crippen molar-refractivity contribution in [3.05, 3.63) is 88.1 Å². The molecule has 2 aromatic heterocycles. The van der Waals surface area contributed by atoms with Crippen molar-refractivity contribution in [2.24, 2.45) is 0 Å². The van der Waals surface area contributed by atoms with Crippen molar-refractivity contribution in [3.63, 3.8) is 0 Å². The molecule has 4 aromatic rings. The number of hydrogen-bond donors (Lipinski definition) is 2. The highest BCUT2D eigenvalue weighted by atomic mass is 16.1. The number of aromatic nitrogens is 3. The van der Waals surface area contributed by atoms with Crippen LogP contribution in [0.5, 0.6) is 0 Å². The second kappa shape index (κ2) is 5.87. The molecule has 0 saturated heterocycles. The van der Waals surface area contributed by atoms with Crippen molar-refractivity contribution >= 4 is 16.8 Å². The minimum Gasteiger partial charge on any atom is -0.337 e. The molecule has 122 valence electrons. The van der Waals surface area contributed by atoms with Crippen molar-refractivity contribution in [1.82, 2.24) is 15.0 Å². The molecule has 5 nitrogen and oxygen atoms in total. The van der Waals surface area contributed by atoms with E-state index >= 15 is 0 Å². The Morgan fingerprint density at radius 1 is 0.920 bits per heavy atom. The smallest absolute Gasteiger partial charge is 0.283 e. The molecule has 0 aliphatic heterocycles. The van der Waals surface area contributed by atoms with Crippen LogP contribution in [0.1, 0.15) is 21.9 Å². The zero-order valence-corrected chi connectivity index (χ0v) is 13.5. The Balaban J connectivity index is 2.06. The van der Waals surface area contributed by atoms with E-state index in [4.69, 9.17) is 0 Å². The monoisotopic (exact) mass is 329 g/mol. The Kier molecular flexibility index (Phi) is 3.54. The zero-order valence-electron chi connectivity index (χ0n) is 13.5. The van der Waals surface area contributed by atoms with Gasteiger partial charge in [-0.25, -0.2) is 0 Å². The summed E-state index contributed by atoms with van der Waals surface area (Å²) in [4.78, 5) is 35.7. The molecule has 0 unspecified atom stereocenters. The third-order valence-electron chi connectivity index (χ3n) is 4.11. The lowest BCUT2D eigenvalue weighted by atomic mass is 9.98. The first-order valence-corrected chi connectivity index (χ1v) is 7.93. The number of hydrogen-bond acceptors (Lipinski definition) is 3. The van der Waals surface area contributed by atoms with E-state index in [-0.39, 0.29) is 11.3 Å². The lowest BCUT2D eigenvalue weighted by Crippen LogP contribution is -2.09. The van der Waals surface area contributed by atoms with Crippen molar-refractivity contribution in [2.45, 2.75) is 6.92 Å². The van der Waals surface area contributed by atoms with Crippen LogP contribution >= 0.6 is 0 Å². The van der Waals surface area contributed by atoms with Gasteiger partial charge in [0.2, 0.25) is 5.78 Å². The van der Waals surface area contributed by atoms with Gasteiger partial charge in [0.25, 0.3) is 5.56 Å². The Labute approximate surface area is 143 Å². The Morgan fingerprint density at radius 3 is 2.24 bits per heavy atom. The van der Waals surface area contributed by atoms with Crippen LogP contribution in [-0.4, -0.2) is 20.7 Å². The molecular formula is C20H15N3O2. The third-order valence-corrected chi connectivity index (χ3v) is 4.11. The van der Waals surface area contributed by atoms with Crippen molar-refractivity contribution in [1.29, 1.82) is 0 Å². The second-order valence-electron chi connectivity index (χ2n) is 5.81. The van der Waals surface area contributed by atoms with E-state index in [0.717, 1.165) is 5.56 Å². The molecule has 4 rings (SSSR count). The lowest BCUT2D eigenvalue weighted by molar-refractivity contribution is 0.103. The summed E-state index contributed by atoms with van der Waals surface area (Å²) in [5.41, 5.74) is 2.48. The van der Waals surface area contributed by atoms with Crippen LogP contribution in [0.3, 0.4) is 0 Å². The molecule has 0 radical (unpaired) electrons. The number of H-pyrrole nitrogens is 2. The van der Waals surface area contributed by atoms with Crippen LogP contribution in [0.15, 0.2) is 65.5 Å². The normalized spacial score (nSPS) is 10.9. The summed E-state index contributed by atoms with van der Waals surface area (Å²) in [7, 11) is 0.